The van der Waals surface area contributed by atoms with Crippen molar-refractivity contribution in [3.8, 4) is 5.75 Å². The third kappa shape index (κ3) is 3.87. The lowest BCUT2D eigenvalue weighted by Gasteiger charge is -2.14. The average molecular weight is 350 g/mol. The second kappa shape index (κ2) is 6.42. The molecule has 25 heavy (non-hydrogen) atoms. The maximum Gasteiger partial charge on any atom is 0.435 e. The Hall–Kier alpha value is -3.10. The van der Waals surface area contributed by atoms with Crippen LogP contribution >= 0.6 is 0 Å². The maximum atomic E-state index is 12.7. The van der Waals surface area contributed by atoms with Crippen molar-refractivity contribution in [3.63, 3.8) is 0 Å². The van der Waals surface area contributed by atoms with Crippen molar-refractivity contribution in [2.75, 3.05) is 5.32 Å². The van der Waals surface area contributed by atoms with E-state index in [4.69, 9.17) is 4.74 Å². The van der Waals surface area contributed by atoms with Crippen molar-refractivity contribution >= 4 is 17.2 Å². The van der Waals surface area contributed by atoms with E-state index in [0.29, 0.717) is 5.75 Å². The van der Waals surface area contributed by atoms with Gasteiger partial charge < -0.3 is 10.1 Å². The SMILES string of the molecule is C[C@H](Oc1ccccc1)C(=O)Nc1cnc2cc(C(F)(F)F)nn2c1. The van der Waals surface area contributed by atoms with Crippen LogP contribution < -0.4 is 10.1 Å². The number of fused-ring (bicyclic) bond motifs is 1. The lowest BCUT2D eigenvalue weighted by atomic mass is 10.3. The molecule has 1 amide bonds. The van der Waals surface area contributed by atoms with Crippen LogP contribution in [0, 0.1) is 0 Å². The molecular weight excluding hydrogens is 337 g/mol. The minimum atomic E-state index is -4.56. The Bertz CT molecular complexity index is 893. The van der Waals surface area contributed by atoms with Gasteiger partial charge in [-0.1, -0.05) is 18.2 Å². The number of benzene rings is 1. The molecule has 1 aromatic carbocycles. The van der Waals surface area contributed by atoms with Crippen LogP contribution in [0.5, 0.6) is 5.75 Å². The number of hydrogen-bond donors (Lipinski definition) is 1. The number of alkyl halides is 3. The van der Waals surface area contributed by atoms with Crippen molar-refractivity contribution in [1.29, 1.82) is 0 Å². The maximum absolute atomic E-state index is 12.7. The Labute approximate surface area is 140 Å². The van der Waals surface area contributed by atoms with Gasteiger partial charge in [-0.3, -0.25) is 4.79 Å². The van der Waals surface area contributed by atoms with Crippen LogP contribution in [0.1, 0.15) is 12.6 Å². The van der Waals surface area contributed by atoms with E-state index in [-0.39, 0.29) is 11.3 Å². The molecule has 130 valence electrons. The second-order valence-electron chi connectivity index (χ2n) is 5.24. The summed E-state index contributed by atoms with van der Waals surface area (Å²) in [6.07, 6.45) is -2.86. The van der Waals surface area contributed by atoms with Crippen molar-refractivity contribution in [2.24, 2.45) is 0 Å². The van der Waals surface area contributed by atoms with Crippen molar-refractivity contribution in [1.82, 2.24) is 14.6 Å². The van der Waals surface area contributed by atoms with Crippen molar-refractivity contribution < 1.29 is 22.7 Å². The standard InChI is InChI=1S/C16H13F3N4O2/c1-10(25-12-5-3-2-4-6-12)15(24)21-11-8-20-14-7-13(16(17,18)19)22-23(14)9-11/h2-10H,1H3,(H,21,24)/t10-/m0/s1. The number of anilines is 1. The number of aromatic nitrogens is 3. The number of hydrogen-bond acceptors (Lipinski definition) is 4. The Morgan fingerprint density at radius 2 is 2.00 bits per heavy atom. The summed E-state index contributed by atoms with van der Waals surface area (Å²) in [6, 6.07) is 9.60. The van der Waals surface area contributed by atoms with E-state index in [0.717, 1.165) is 10.6 Å². The number of carbonyl (C=O) groups is 1. The smallest absolute Gasteiger partial charge is 0.435 e. The molecule has 0 radical (unpaired) electrons. The summed E-state index contributed by atoms with van der Waals surface area (Å²) in [7, 11) is 0. The first-order valence-electron chi connectivity index (χ1n) is 7.28. The fraction of sp³-hybridized carbons (Fsp3) is 0.188. The van der Waals surface area contributed by atoms with Crippen LogP contribution in [-0.2, 0) is 11.0 Å². The van der Waals surface area contributed by atoms with Crippen LogP contribution in [0.15, 0.2) is 48.8 Å². The molecule has 0 saturated heterocycles. The van der Waals surface area contributed by atoms with E-state index in [1.165, 1.54) is 12.4 Å². The highest BCUT2D eigenvalue weighted by molar-refractivity contribution is 5.93. The summed E-state index contributed by atoms with van der Waals surface area (Å²) < 4.78 is 44.4. The molecule has 1 atom stereocenters. The normalized spacial score (nSPS) is 12.8. The van der Waals surface area contributed by atoms with Gasteiger partial charge in [-0.15, -0.1) is 0 Å². The molecule has 0 fully saturated rings. The van der Waals surface area contributed by atoms with E-state index in [1.54, 1.807) is 31.2 Å². The third-order valence-corrected chi connectivity index (χ3v) is 3.30. The first-order valence-corrected chi connectivity index (χ1v) is 7.28. The highest BCUT2D eigenvalue weighted by atomic mass is 19.4. The third-order valence-electron chi connectivity index (χ3n) is 3.30. The van der Waals surface area contributed by atoms with Crippen LogP contribution in [-0.4, -0.2) is 26.6 Å². The van der Waals surface area contributed by atoms with Crippen LogP contribution in [0.4, 0.5) is 18.9 Å². The molecule has 0 bridgehead atoms. The summed E-state index contributed by atoms with van der Waals surface area (Å²) in [6.45, 7) is 1.56. The zero-order valence-corrected chi connectivity index (χ0v) is 13.0. The van der Waals surface area contributed by atoms with Crippen LogP contribution in [0.25, 0.3) is 5.65 Å². The van der Waals surface area contributed by atoms with E-state index >= 15 is 0 Å². The number of halogens is 3. The Morgan fingerprint density at radius 1 is 1.28 bits per heavy atom. The highest BCUT2D eigenvalue weighted by Gasteiger charge is 2.34. The zero-order chi connectivity index (χ0) is 18.0. The number of carbonyl (C=O) groups excluding carboxylic acids is 1. The minimum absolute atomic E-state index is 0.0268. The van der Waals surface area contributed by atoms with Gasteiger partial charge in [0.05, 0.1) is 18.1 Å². The van der Waals surface area contributed by atoms with Crippen LogP contribution in [0.3, 0.4) is 0 Å². The fourth-order valence-electron chi connectivity index (χ4n) is 2.08. The summed E-state index contributed by atoms with van der Waals surface area (Å²) in [5.41, 5.74) is -0.819. The molecule has 0 aliphatic carbocycles. The monoisotopic (exact) mass is 350 g/mol. The molecule has 1 N–H and O–H groups in total. The minimum Gasteiger partial charge on any atom is -0.481 e. The molecule has 3 rings (SSSR count). The molecule has 0 aliphatic rings. The Kier molecular flexibility index (Phi) is 4.30. The molecule has 2 heterocycles. The molecule has 6 nitrogen and oxygen atoms in total. The van der Waals surface area contributed by atoms with Crippen molar-refractivity contribution in [2.45, 2.75) is 19.2 Å². The molecular formula is C16H13F3N4O2. The summed E-state index contributed by atoms with van der Waals surface area (Å²) in [5.74, 6) is 0.0637. The molecule has 0 spiro atoms. The number of ether oxygens (including phenoxy) is 1. The van der Waals surface area contributed by atoms with Gasteiger partial charge in [0.25, 0.3) is 5.91 Å². The van der Waals surface area contributed by atoms with E-state index in [1.807, 2.05) is 6.07 Å². The first-order chi connectivity index (χ1) is 11.8. The lowest BCUT2D eigenvalue weighted by Crippen LogP contribution is -2.30. The van der Waals surface area contributed by atoms with Gasteiger partial charge in [-0.25, -0.2) is 9.50 Å². The zero-order valence-electron chi connectivity index (χ0n) is 13.0. The van der Waals surface area contributed by atoms with Gasteiger partial charge in [-0.2, -0.15) is 18.3 Å². The van der Waals surface area contributed by atoms with Gasteiger partial charge in [0.2, 0.25) is 0 Å². The largest absolute Gasteiger partial charge is 0.481 e. The summed E-state index contributed by atoms with van der Waals surface area (Å²) in [5, 5.41) is 5.94. The first kappa shape index (κ1) is 16.7. The molecule has 0 aliphatic heterocycles. The second-order valence-corrected chi connectivity index (χ2v) is 5.24. The summed E-state index contributed by atoms with van der Waals surface area (Å²) in [4.78, 5) is 16.0. The van der Waals surface area contributed by atoms with Gasteiger partial charge in [-0.05, 0) is 19.1 Å². The molecule has 9 heteroatoms. The van der Waals surface area contributed by atoms with Gasteiger partial charge >= 0.3 is 6.18 Å². The van der Waals surface area contributed by atoms with E-state index in [9.17, 15) is 18.0 Å². The number of rotatable bonds is 4. The Morgan fingerprint density at radius 3 is 2.68 bits per heavy atom. The quantitative estimate of drug-likeness (QED) is 0.785. The number of nitrogens with zero attached hydrogens (tertiary/aromatic N) is 3. The van der Waals surface area contributed by atoms with Gasteiger partial charge in [0, 0.05) is 6.07 Å². The van der Waals surface area contributed by atoms with Gasteiger partial charge in [0.15, 0.2) is 17.4 Å². The van der Waals surface area contributed by atoms with E-state index in [2.05, 4.69) is 15.4 Å². The van der Waals surface area contributed by atoms with Crippen LogP contribution in [0.2, 0.25) is 0 Å². The summed E-state index contributed by atoms with van der Waals surface area (Å²) >= 11 is 0. The van der Waals surface area contributed by atoms with Gasteiger partial charge in [0.1, 0.15) is 5.75 Å². The molecule has 0 saturated carbocycles. The predicted octanol–water partition coefficient (Wildman–Crippen LogP) is 3.15. The molecule has 0 unspecified atom stereocenters. The number of para-hydroxylation sites is 1. The van der Waals surface area contributed by atoms with Crippen molar-refractivity contribution in [3.05, 3.63) is 54.5 Å². The predicted molar refractivity (Wildman–Crippen MR) is 83.2 cm³/mol. The molecule has 3 aromatic rings. The lowest BCUT2D eigenvalue weighted by molar-refractivity contribution is -0.141. The molecule has 2 aromatic heterocycles. The number of amides is 1. The number of nitrogens with one attached hydrogen (secondary N) is 1. The average Bonchev–Trinajstić information content (AvgIpc) is 2.99. The topological polar surface area (TPSA) is 68.5 Å². The highest BCUT2D eigenvalue weighted by Crippen LogP contribution is 2.28. The Balaban J connectivity index is 1.72. The van der Waals surface area contributed by atoms with E-state index < -0.39 is 23.9 Å². The fourth-order valence-corrected chi connectivity index (χ4v) is 2.08.